The Labute approximate surface area is 92.2 Å². The van der Waals surface area contributed by atoms with Crippen LogP contribution < -0.4 is 0 Å². The Morgan fingerprint density at radius 3 is 2.62 bits per heavy atom. The SMILES string of the molecule is C=CC(=O)N1CC(F)(c2ccccc2F)C1. The van der Waals surface area contributed by atoms with E-state index in [0.29, 0.717) is 0 Å². The van der Waals surface area contributed by atoms with Gasteiger partial charge in [-0.05, 0) is 12.1 Å². The van der Waals surface area contributed by atoms with Crippen molar-refractivity contribution in [2.75, 3.05) is 13.1 Å². The summed E-state index contributed by atoms with van der Waals surface area (Å²) >= 11 is 0. The van der Waals surface area contributed by atoms with Crippen LogP contribution in [-0.4, -0.2) is 23.9 Å². The molecule has 1 heterocycles. The third-order valence-corrected chi connectivity index (χ3v) is 2.73. The smallest absolute Gasteiger partial charge is 0.246 e. The molecule has 84 valence electrons. The number of halogens is 2. The molecule has 0 unspecified atom stereocenters. The first-order chi connectivity index (χ1) is 7.57. The maximum absolute atomic E-state index is 14.2. The van der Waals surface area contributed by atoms with Crippen LogP contribution in [0.3, 0.4) is 0 Å². The molecule has 1 fully saturated rings. The molecule has 4 heteroatoms. The largest absolute Gasteiger partial charge is 0.332 e. The van der Waals surface area contributed by atoms with Crippen molar-refractivity contribution in [3.8, 4) is 0 Å². The summed E-state index contributed by atoms with van der Waals surface area (Å²) in [4.78, 5) is 12.4. The molecule has 1 aromatic carbocycles. The summed E-state index contributed by atoms with van der Waals surface area (Å²) in [5.41, 5.74) is -1.74. The van der Waals surface area contributed by atoms with Gasteiger partial charge in [0.05, 0.1) is 13.1 Å². The summed E-state index contributed by atoms with van der Waals surface area (Å²) in [6, 6.07) is 5.71. The maximum Gasteiger partial charge on any atom is 0.246 e. The number of nitrogens with zero attached hydrogens (tertiary/aromatic N) is 1. The van der Waals surface area contributed by atoms with Gasteiger partial charge in [-0.3, -0.25) is 4.79 Å². The van der Waals surface area contributed by atoms with Crippen molar-refractivity contribution in [1.82, 2.24) is 4.90 Å². The van der Waals surface area contributed by atoms with Crippen LogP contribution in [0.25, 0.3) is 0 Å². The van der Waals surface area contributed by atoms with Crippen LogP contribution >= 0.6 is 0 Å². The van der Waals surface area contributed by atoms with Crippen molar-refractivity contribution in [3.05, 3.63) is 48.3 Å². The van der Waals surface area contributed by atoms with Crippen molar-refractivity contribution in [2.24, 2.45) is 0 Å². The normalized spacial score (nSPS) is 17.8. The molecule has 0 atom stereocenters. The van der Waals surface area contributed by atoms with E-state index in [0.717, 1.165) is 6.08 Å². The van der Waals surface area contributed by atoms with E-state index >= 15 is 0 Å². The number of benzene rings is 1. The highest BCUT2D eigenvalue weighted by atomic mass is 19.1. The number of carbonyl (C=O) groups excluding carboxylic acids is 1. The van der Waals surface area contributed by atoms with Gasteiger partial charge in [0.15, 0.2) is 5.67 Å². The number of carbonyl (C=O) groups is 1. The van der Waals surface area contributed by atoms with Gasteiger partial charge in [-0.15, -0.1) is 0 Å². The summed E-state index contributed by atoms with van der Waals surface area (Å²) in [5.74, 6) is -0.902. The monoisotopic (exact) mass is 223 g/mol. The van der Waals surface area contributed by atoms with Crippen LogP contribution in [0.2, 0.25) is 0 Å². The minimum atomic E-state index is -1.76. The molecule has 16 heavy (non-hydrogen) atoms. The van der Waals surface area contributed by atoms with Crippen molar-refractivity contribution in [1.29, 1.82) is 0 Å². The second-order valence-electron chi connectivity index (χ2n) is 3.84. The first-order valence-electron chi connectivity index (χ1n) is 4.92. The van der Waals surface area contributed by atoms with E-state index in [4.69, 9.17) is 0 Å². The first-order valence-corrected chi connectivity index (χ1v) is 4.92. The van der Waals surface area contributed by atoms with Crippen molar-refractivity contribution in [3.63, 3.8) is 0 Å². The number of amides is 1. The Kier molecular flexibility index (Phi) is 2.50. The zero-order chi connectivity index (χ0) is 11.8. The summed E-state index contributed by atoms with van der Waals surface area (Å²) in [5, 5.41) is 0. The van der Waals surface area contributed by atoms with Gasteiger partial charge in [-0.25, -0.2) is 8.78 Å². The van der Waals surface area contributed by atoms with E-state index in [1.807, 2.05) is 0 Å². The molecule has 0 bridgehead atoms. The van der Waals surface area contributed by atoms with Gasteiger partial charge in [-0.2, -0.15) is 0 Å². The van der Waals surface area contributed by atoms with E-state index in [1.54, 1.807) is 6.07 Å². The Morgan fingerprint density at radius 1 is 1.44 bits per heavy atom. The minimum absolute atomic E-state index is 0.0168. The predicted molar refractivity (Wildman–Crippen MR) is 56.0 cm³/mol. The molecule has 0 aromatic heterocycles. The lowest BCUT2D eigenvalue weighted by Crippen LogP contribution is -2.58. The first kappa shape index (κ1) is 10.8. The zero-order valence-corrected chi connectivity index (χ0v) is 8.62. The third-order valence-electron chi connectivity index (χ3n) is 2.73. The standard InChI is InChI=1S/C12H11F2NO/c1-2-11(16)15-7-12(14,8-15)9-5-3-4-6-10(9)13/h2-6H,1,7-8H2. The molecule has 0 spiro atoms. The summed E-state index contributed by atoms with van der Waals surface area (Å²) < 4.78 is 27.5. The van der Waals surface area contributed by atoms with Crippen LogP contribution in [0.15, 0.2) is 36.9 Å². The van der Waals surface area contributed by atoms with E-state index in [-0.39, 0.29) is 24.6 Å². The second-order valence-corrected chi connectivity index (χ2v) is 3.84. The summed E-state index contributed by atoms with van der Waals surface area (Å²) in [6.45, 7) is 3.09. The summed E-state index contributed by atoms with van der Waals surface area (Å²) in [6.07, 6.45) is 1.13. The Morgan fingerprint density at radius 2 is 2.06 bits per heavy atom. The van der Waals surface area contributed by atoms with Gasteiger partial charge in [0.2, 0.25) is 5.91 Å². The van der Waals surface area contributed by atoms with E-state index in [1.165, 1.54) is 23.1 Å². The minimum Gasteiger partial charge on any atom is -0.332 e. The Hall–Kier alpha value is -1.71. The number of alkyl halides is 1. The fraction of sp³-hybridized carbons (Fsp3) is 0.250. The Bertz CT molecular complexity index is 438. The molecule has 1 saturated heterocycles. The predicted octanol–water partition coefficient (Wildman–Crippen LogP) is 2.02. The van der Waals surface area contributed by atoms with Crippen molar-refractivity contribution >= 4 is 5.91 Å². The van der Waals surface area contributed by atoms with Crippen LogP contribution in [0.1, 0.15) is 5.56 Å². The van der Waals surface area contributed by atoms with Gasteiger partial charge in [-0.1, -0.05) is 24.8 Å². The van der Waals surface area contributed by atoms with Crippen LogP contribution in [0.5, 0.6) is 0 Å². The lowest BCUT2D eigenvalue weighted by atomic mass is 9.87. The second kappa shape index (κ2) is 3.70. The fourth-order valence-electron chi connectivity index (χ4n) is 1.84. The lowest BCUT2D eigenvalue weighted by molar-refractivity contribution is -0.141. The average Bonchev–Trinajstić information content (AvgIpc) is 2.24. The molecular formula is C12H11F2NO. The molecule has 1 aliphatic heterocycles. The van der Waals surface area contributed by atoms with Crippen LogP contribution in [0, 0.1) is 5.82 Å². The number of hydrogen-bond donors (Lipinski definition) is 0. The van der Waals surface area contributed by atoms with Gasteiger partial charge >= 0.3 is 0 Å². The fourth-order valence-corrected chi connectivity index (χ4v) is 1.84. The Balaban J connectivity index is 2.17. The molecule has 2 rings (SSSR count). The van der Waals surface area contributed by atoms with Crippen LogP contribution in [-0.2, 0) is 10.5 Å². The molecule has 0 aliphatic carbocycles. The third kappa shape index (κ3) is 1.60. The van der Waals surface area contributed by atoms with E-state index < -0.39 is 11.5 Å². The highest BCUT2D eigenvalue weighted by molar-refractivity contribution is 5.88. The molecule has 2 nitrogen and oxygen atoms in total. The topological polar surface area (TPSA) is 20.3 Å². The van der Waals surface area contributed by atoms with Crippen molar-refractivity contribution < 1.29 is 13.6 Å². The molecule has 0 radical (unpaired) electrons. The lowest BCUT2D eigenvalue weighted by Gasteiger charge is -2.44. The number of hydrogen-bond acceptors (Lipinski definition) is 1. The molecule has 1 aliphatic rings. The average molecular weight is 223 g/mol. The van der Waals surface area contributed by atoms with Gasteiger partial charge in [0.25, 0.3) is 0 Å². The number of rotatable bonds is 2. The quantitative estimate of drug-likeness (QED) is 0.702. The van der Waals surface area contributed by atoms with Gasteiger partial charge in [0.1, 0.15) is 5.82 Å². The highest BCUT2D eigenvalue weighted by Gasteiger charge is 2.47. The number of likely N-dealkylation sites (tertiary alicyclic amines) is 1. The molecule has 1 aromatic rings. The van der Waals surface area contributed by atoms with E-state index in [9.17, 15) is 13.6 Å². The van der Waals surface area contributed by atoms with Crippen LogP contribution in [0.4, 0.5) is 8.78 Å². The van der Waals surface area contributed by atoms with E-state index in [2.05, 4.69) is 6.58 Å². The van der Waals surface area contributed by atoms with Gasteiger partial charge < -0.3 is 4.90 Å². The molecular weight excluding hydrogens is 212 g/mol. The summed E-state index contributed by atoms with van der Waals surface area (Å²) in [7, 11) is 0. The molecule has 0 N–H and O–H groups in total. The van der Waals surface area contributed by atoms with Crippen molar-refractivity contribution in [2.45, 2.75) is 5.67 Å². The maximum atomic E-state index is 14.2. The molecule has 0 saturated carbocycles. The van der Waals surface area contributed by atoms with Gasteiger partial charge in [0, 0.05) is 5.56 Å². The zero-order valence-electron chi connectivity index (χ0n) is 8.62. The highest BCUT2D eigenvalue weighted by Crippen LogP contribution is 2.37. The molecule has 1 amide bonds.